The summed E-state index contributed by atoms with van der Waals surface area (Å²) in [6, 6.07) is 5.30. The minimum absolute atomic E-state index is 0.00686. The van der Waals surface area contributed by atoms with Crippen LogP contribution in [0.5, 0.6) is 0 Å². The molecule has 0 spiro atoms. The minimum atomic E-state index is -0.537. The van der Waals surface area contributed by atoms with Gasteiger partial charge < -0.3 is 0 Å². The van der Waals surface area contributed by atoms with Crippen LogP contribution in [0.25, 0.3) is 0 Å². The Morgan fingerprint density at radius 1 is 1.07 bits per heavy atom. The third-order valence-corrected chi connectivity index (χ3v) is 5.14. The van der Waals surface area contributed by atoms with Crippen molar-refractivity contribution in [2.24, 2.45) is 5.92 Å². The molecule has 1 aromatic heterocycles. The van der Waals surface area contributed by atoms with E-state index < -0.39 is 11.6 Å². The highest BCUT2D eigenvalue weighted by atomic mass is 19.1. The van der Waals surface area contributed by atoms with Crippen LogP contribution in [0, 0.1) is 17.6 Å². The number of piperidine rings is 1. The largest absolute Gasteiger partial charge is 0.299 e. The average molecular weight is 375 g/mol. The van der Waals surface area contributed by atoms with E-state index in [1.165, 1.54) is 12.1 Å². The van der Waals surface area contributed by atoms with E-state index >= 15 is 0 Å². The van der Waals surface area contributed by atoms with Gasteiger partial charge in [-0.15, -0.1) is 0 Å². The molecule has 0 bridgehead atoms. The minimum Gasteiger partial charge on any atom is -0.299 e. The fourth-order valence-corrected chi connectivity index (χ4v) is 3.54. The van der Waals surface area contributed by atoms with E-state index in [1.807, 2.05) is 20.8 Å². The lowest BCUT2D eigenvalue weighted by Crippen LogP contribution is -2.36. The van der Waals surface area contributed by atoms with Crippen molar-refractivity contribution in [3.05, 3.63) is 63.8 Å². The predicted octanol–water partition coefficient (Wildman–Crippen LogP) is 3.73. The molecule has 1 aromatic carbocycles. The summed E-state index contributed by atoms with van der Waals surface area (Å²) in [7, 11) is 0. The maximum atomic E-state index is 13.3. The maximum absolute atomic E-state index is 13.3. The molecule has 4 nitrogen and oxygen atoms in total. The van der Waals surface area contributed by atoms with Crippen molar-refractivity contribution >= 4 is 0 Å². The van der Waals surface area contributed by atoms with E-state index in [4.69, 9.17) is 0 Å². The molecule has 0 N–H and O–H groups in total. The molecule has 0 unspecified atom stereocenters. The van der Waals surface area contributed by atoms with Crippen LogP contribution in [-0.4, -0.2) is 27.5 Å². The van der Waals surface area contributed by atoms with Gasteiger partial charge in [-0.05, 0) is 49.5 Å². The number of likely N-dealkylation sites (tertiary alicyclic amines) is 1. The third kappa shape index (κ3) is 5.22. The second kappa shape index (κ2) is 7.89. The molecule has 6 heteroatoms. The van der Waals surface area contributed by atoms with Gasteiger partial charge in [0, 0.05) is 30.6 Å². The zero-order valence-corrected chi connectivity index (χ0v) is 16.2. The van der Waals surface area contributed by atoms with E-state index in [2.05, 4.69) is 9.88 Å². The molecule has 2 aromatic rings. The molecule has 0 saturated carbocycles. The molecule has 0 aliphatic carbocycles. The van der Waals surface area contributed by atoms with Gasteiger partial charge in [0.05, 0.1) is 12.0 Å². The Hall–Kier alpha value is -2.08. The molecule has 0 atom stereocenters. The van der Waals surface area contributed by atoms with Crippen LogP contribution in [0.3, 0.4) is 0 Å². The first-order chi connectivity index (χ1) is 12.7. The molecular weight excluding hydrogens is 348 g/mol. The number of halogens is 2. The molecule has 1 aliphatic rings. The predicted molar refractivity (Wildman–Crippen MR) is 102 cm³/mol. The van der Waals surface area contributed by atoms with Gasteiger partial charge >= 0.3 is 0 Å². The maximum Gasteiger partial charge on any atom is 0.253 e. The summed E-state index contributed by atoms with van der Waals surface area (Å²) < 4.78 is 28.4. The number of rotatable bonds is 4. The van der Waals surface area contributed by atoms with Gasteiger partial charge in [-0.25, -0.2) is 13.8 Å². The van der Waals surface area contributed by atoms with Crippen LogP contribution in [0.15, 0.2) is 35.4 Å². The summed E-state index contributed by atoms with van der Waals surface area (Å²) in [5.74, 6) is -0.665. The summed E-state index contributed by atoms with van der Waals surface area (Å²) in [5.41, 5.74) is 1.32. The van der Waals surface area contributed by atoms with Crippen molar-refractivity contribution < 1.29 is 8.78 Å². The van der Waals surface area contributed by atoms with E-state index in [1.54, 1.807) is 17.0 Å². The summed E-state index contributed by atoms with van der Waals surface area (Å²) in [4.78, 5) is 19.0. The lowest BCUT2D eigenvalue weighted by atomic mass is 9.92. The topological polar surface area (TPSA) is 38.1 Å². The van der Waals surface area contributed by atoms with Crippen LogP contribution in [0.4, 0.5) is 8.78 Å². The van der Waals surface area contributed by atoms with Crippen molar-refractivity contribution in [3.63, 3.8) is 0 Å². The van der Waals surface area contributed by atoms with Gasteiger partial charge in [-0.1, -0.05) is 20.8 Å². The van der Waals surface area contributed by atoms with Crippen molar-refractivity contribution in [1.29, 1.82) is 0 Å². The second-order valence-electron chi connectivity index (χ2n) is 8.51. The molecule has 146 valence electrons. The van der Waals surface area contributed by atoms with Crippen LogP contribution in [-0.2, 0) is 18.5 Å². The van der Waals surface area contributed by atoms with Gasteiger partial charge in [0.15, 0.2) is 0 Å². The summed E-state index contributed by atoms with van der Waals surface area (Å²) >= 11 is 0. The highest BCUT2D eigenvalue weighted by molar-refractivity contribution is 5.18. The first-order valence-corrected chi connectivity index (χ1v) is 9.45. The van der Waals surface area contributed by atoms with E-state index in [-0.39, 0.29) is 11.0 Å². The number of aromatic nitrogens is 2. The average Bonchev–Trinajstić information content (AvgIpc) is 2.56. The summed E-state index contributed by atoms with van der Waals surface area (Å²) in [6.07, 6.45) is 3.56. The smallest absolute Gasteiger partial charge is 0.253 e. The summed E-state index contributed by atoms with van der Waals surface area (Å²) in [6.45, 7) is 9.04. The lowest BCUT2D eigenvalue weighted by Gasteiger charge is -2.32. The molecule has 0 radical (unpaired) electrons. The lowest BCUT2D eigenvalue weighted by molar-refractivity contribution is 0.166. The Morgan fingerprint density at radius 3 is 2.26 bits per heavy atom. The molecule has 0 amide bonds. The van der Waals surface area contributed by atoms with Crippen molar-refractivity contribution in [1.82, 2.24) is 14.5 Å². The molecule has 1 fully saturated rings. The van der Waals surface area contributed by atoms with Gasteiger partial charge in [0.1, 0.15) is 11.6 Å². The normalized spacial score (nSPS) is 16.6. The Bertz CT molecular complexity index is 829. The molecule has 3 rings (SSSR count). The number of benzene rings is 1. The second-order valence-corrected chi connectivity index (χ2v) is 8.51. The fraction of sp³-hybridized carbons (Fsp3) is 0.524. The SMILES string of the molecule is CC(C)(C)c1cc(=O)n(CC2CCN(Cc3cc(F)cc(F)c3)CC2)cn1. The highest BCUT2D eigenvalue weighted by Gasteiger charge is 2.21. The van der Waals surface area contributed by atoms with Gasteiger partial charge in [0.2, 0.25) is 0 Å². The van der Waals surface area contributed by atoms with Crippen LogP contribution < -0.4 is 5.56 Å². The van der Waals surface area contributed by atoms with Gasteiger partial charge in [-0.3, -0.25) is 14.3 Å². The molecular formula is C21H27F2N3O. The van der Waals surface area contributed by atoms with Crippen LogP contribution in [0.2, 0.25) is 0 Å². The van der Waals surface area contributed by atoms with Crippen molar-refractivity contribution in [2.75, 3.05) is 13.1 Å². The first kappa shape index (κ1) is 19.7. The number of hydrogen-bond acceptors (Lipinski definition) is 3. The highest BCUT2D eigenvalue weighted by Crippen LogP contribution is 2.22. The zero-order valence-electron chi connectivity index (χ0n) is 16.2. The number of nitrogens with zero attached hydrogens (tertiary/aromatic N) is 3. The molecule has 2 heterocycles. The van der Waals surface area contributed by atoms with E-state index in [0.29, 0.717) is 24.6 Å². The first-order valence-electron chi connectivity index (χ1n) is 9.45. The van der Waals surface area contributed by atoms with Crippen LogP contribution in [0.1, 0.15) is 44.9 Å². The zero-order chi connectivity index (χ0) is 19.6. The Balaban J connectivity index is 1.56. The van der Waals surface area contributed by atoms with E-state index in [9.17, 15) is 13.6 Å². The molecule has 27 heavy (non-hydrogen) atoms. The molecule has 1 saturated heterocycles. The standard InChI is InChI=1S/C21H27F2N3O/c1-21(2,3)19-11-20(27)26(14-24-19)13-15-4-6-25(7-5-15)12-16-8-17(22)10-18(23)9-16/h8-11,14-15H,4-7,12-13H2,1-3H3. The van der Waals surface area contributed by atoms with Gasteiger partial charge in [0.25, 0.3) is 5.56 Å². The van der Waals surface area contributed by atoms with Gasteiger partial charge in [-0.2, -0.15) is 0 Å². The van der Waals surface area contributed by atoms with Crippen LogP contribution >= 0.6 is 0 Å². The Morgan fingerprint density at radius 2 is 1.70 bits per heavy atom. The Kier molecular flexibility index (Phi) is 5.75. The van der Waals surface area contributed by atoms with E-state index in [0.717, 1.165) is 37.7 Å². The molecule has 1 aliphatic heterocycles. The van der Waals surface area contributed by atoms with Crippen molar-refractivity contribution in [3.8, 4) is 0 Å². The monoisotopic (exact) mass is 375 g/mol. The fourth-order valence-electron chi connectivity index (χ4n) is 3.54. The Labute approximate surface area is 158 Å². The quantitative estimate of drug-likeness (QED) is 0.817. The third-order valence-electron chi connectivity index (χ3n) is 5.14. The summed E-state index contributed by atoms with van der Waals surface area (Å²) in [5, 5.41) is 0. The number of hydrogen-bond donors (Lipinski definition) is 0. The van der Waals surface area contributed by atoms with Crippen molar-refractivity contribution in [2.45, 2.75) is 52.1 Å².